The number of carbonyl (C=O) groups excluding carboxylic acids is 2. The summed E-state index contributed by atoms with van der Waals surface area (Å²) < 4.78 is 10.3. The molecule has 6 nitrogen and oxygen atoms in total. The first-order valence-electron chi connectivity index (χ1n) is 9.24. The second kappa shape index (κ2) is 8.89. The van der Waals surface area contributed by atoms with Gasteiger partial charge in [0.05, 0.1) is 31.4 Å². The summed E-state index contributed by atoms with van der Waals surface area (Å²) in [4.78, 5) is 27.5. The molecule has 30 heavy (non-hydrogen) atoms. The van der Waals surface area contributed by atoms with Crippen LogP contribution in [0.25, 0.3) is 21.5 Å². The van der Waals surface area contributed by atoms with Gasteiger partial charge < -0.3 is 9.47 Å². The van der Waals surface area contributed by atoms with Crippen molar-refractivity contribution in [2.24, 2.45) is 0 Å². The van der Waals surface area contributed by atoms with E-state index in [1.165, 1.54) is 0 Å². The molecule has 2 aromatic carbocycles. The van der Waals surface area contributed by atoms with E-state index >= 15 is 0 Å². The number of carbonyl (C=O) groups is 2. The van der Waals surface area contributed by atoms with E-state index in [2.05, 4.69) is 11.4 Å². The van der Waals surface area contributed by atoms with E-state index in [1.807, 2.05) is 30.3 Å². The van der Waals surface area contributed by atoms with Crippen LogP contribution in [0.15, 0.2) is 60.3 Å². The first kappa shape index (κ1) is 20.6. The number of rotatable bonds is 6. The van der Waals surface area contributed by atoms with Crippen molar-refractivity contribution in [2.75, 3.05) is 13.2 Å². The summed E-state index contributed by atoms with van der Waals surface area (Å²) in [5.41, 5.74) is 4.01. The van der Waals surface area contributed by atoms with Gasteiger partial charge in [0.1, 0.15) is 0 Å². The van der Waals surface area contributed by atoms with Gasteiger partial charge in [-0.3, -0.25) is 0 Å². The zero-order valence-corrected chi connectivity index (χ0v) is 16.4. The topological polar surface area (TPSA) is 80.8 Å². The molecule has 3 rings (SSSR count). The summed E-state index contributed by atoms with van der Waals surface area (Å²) in [5.74, 6) is -0.998. The molecule has 0 bridgehead atoms. The predicted octanol–water partition coefficient (Wildman–Crippen LogP) is 4.54. The monoisotopic (exact) mass is 398 g/mol. The molecule has 0 saturated heterocycles. The highest BCUT2D eigenvalue weighted by molar-refractivity contribution is 6.10. The highest BCUT2D eigenvalue weighted by Gasteiger charge is 2.30. The average Bonchev–Trinajstić information content (AvgIpc) is 3.09. The van der Waals surface area contributed by atoms with E-state index < -0.39 is 11.9 Å². The van der Waals surface area contributed by atoms with E-state index in [0.29, 0.717) is 34.3 Å². The fraction of sp³-hybridized carbons (Fsp3) is 0.167. The van der Waals surface area contributed by atoms with Crippen LogP contribution < -0.4 is 0 Å². The van der Waals surface area contributed by atoms with Gasteiger partial charge in [-0.2, -0.15) is 0 Å². The normalized spacial score (nSPS) is 12.6. The van der Waals surface area contributed by atoms with Crippen molar-refractivity contribution in [3.8, 4) is 17.2 Å². The van der Waals surface area contributed by atoms with Gasteiger partial charge in [-0.15, -0.1) is 0 Å². The van der Waals surface area contributed by atoms with Crippen LogP contribution >= 0.6 is 0 Å². The zero-order valence-electron chi connectivity index (χ0n) is 16.4. The lowest BCUT2D eigenvalue weighted by molar-refractivity contribution is -0.139. The number of fused-ring (bicyclic) bond motifs is 3. The molecule has 148 valence electrons. The molecule has 0 unspecified atom stereocenters. The molecule has 6 heteroatoms. The molecule has 0 aliphatic heterocycles. The maximum atomic E-state index is 12.7. The van der Waals surface area contributed by atoms with Gasteiger partial charge in [0.25, 0.3) is 5.70 Å². The Morgan fingerprint density at radius 3 is 2.40 bits per heavy atom. The molecule has 2 aromatic rings. The maximum absolute atomic E-state index is 12.7. The Kier molecular flexibility index (Phi) is 6.10. The molecule has 0 fully saturated rings. The van der Waals surface area contributed by atoms with E-state index in [9.17, 15) is 14.9 Å². The largest absolute Gasteiger partial charge is 0.462 e. The Morgan fingerprint density at radius 1 is 1.07 bits per heavy atom. The molecule has 0 aromatic heterocycles. The number of benzene rings is 2. The zero-order chi connectivity index (χ0) is 21.7. The second-order valence-electron chi connectivity index (χ2n) is 6.63. The lowest BCUT2D eigenvalue weighted by Gasteiger charge is -2.10. The first-order valence-corrected chi connectivity index (χ1v) is 9.24. The van der Waals surface area contributed by atoms with Crippen molar-refractivity contribution in [1.82, 2.24) is 0 Å². The van der Waals surface area contributed by atoms with Crippen molar-refractivity contribution in [3.05, 3.63) is 88.4 Å². The number of hydrogen-bond donors (Lipinski definition) is 0. The number of ether oxygens (including phenoxy) is 2. The third-order valence-corrected chi connectivity index (χ3v) is 4.58. The molecule has 1 aliphatic rings. The number of allylic oxidation sites excluding steroid dienone is 1. The summed E-state index contributed by atoms with van der Waals surface area (Å²) in [5, 5.41) is 9.40. The highest BCUT2D eigenvalue weighted by atomic mass is 16.5. The number of nitrogens with zero attached hydrogens (tertiary/aromatic N) is 2. The lowest BCUT2D eigenvalue weighted by Crippen LogP contribution is -2.12. The van der Waals surface area contributed by atoms with Crippen molar-refractivity contribution >= 4 is 17.5 Å². The van der Waals surface area contributed by atoms with E-state index in [1.54, 1.807) is 25.1 Å². The van der Waals surface area contributed by atoms with Crippen LogP contribution in [0, 0.1) is 17.9 Å². The van der Waals surface area contributed by atoms with Crippen molar-refractivity contribution < 1.29 is 19.1 Å². The Morgan fingerprint density at radius 2 is 1.73 bits per heavy atom. The molecule has 0 saturated carbocycles. The Bertz CT molecular complexity index is 1150. The van der Waals surface area contributed by atoms with Crippen LogP contribution in [-0.4, -0.2) is 25.2 Å². The van der Waals surface area contributed by atoms with E-state index in [0.717, 1.165) is 11.1 Å². The minimum absolute atomic E-state index is 0.0222. The summed E-state index contributed by atoms with van der Waals surface area (Å²) in [7, 11) is 0. The van der Waals surface area contributed by atoms with E-state index in [-0.39, 0.29) is 18.9 Å². The molecule has 0 N–H and O–H groups in total. The quantitative estimate of drug-likeness (QED) is 0.200. The van der Waals surface area contributed by atoms with Gasteiger partial charge in [0.2, 0.25) is 0 Å². The van der Waals surface area contributed by atoms with Crippen LogP contribution in [0.4, 0.5) is 0 Å². The Labute approximate surface area is 174 Å². The standard InChI is InChI=1S/C24H18N2O4/c1-15(2)23(27)29-12-7-13-30-24(28)19-11-6-10-18-21(19)16-8-4-5-9-17(16)22(18)20(14-25)26-3/h4-6,8-11H,1,7,12-13H2,2H3/b22-20-. The van der Waals surface area contributed by atoms with Crippen LogP contribution in [-0.2, 0) is 14.3 Å². The van der Waals surface area contributed by atoms with Crippen molar-refractivity contribution in [2.45, 2.75) is 13.3 Å². The summed E-state index contributed by atoms with van der Waals surface area (Å²) >= 11 is 0. The van der Waals surface area contributed by atoms with Crippen molar-refractivity contribution in [3.63, 3.8) is 0 Å². The average molecular weight is 398 g/mol. The molecule has 0 heterocycles. The van der Waals surface area contributed by atoms with Gasteiger partial charge in [-0.05, 0) is 29.7 Å². The predicted molar refractivity (Wildman–Crippen MR) is 111 cm³/mol. The smallest absolute Gasteiger partial charge is 0.338 e. The molecule has 0 spiro atoms. The molecule has 0 atom stereocenters. The number of hydrogen-bond acceptors (Lipinski definition) is 5. The van der Waals surface area contributed by atoms with Crippen LogP contribution in [0.3, 0.4) is 0 Å². The van der Waals surface area contributed by atoms with Gasteiger partial charge >= 0.3 is 11.9 Å². The van der Waals surface area contributed by atoms with Gasteiger partial charge in [0.15, 0.2) is 0 Å². The fourth-order valence-electron chi connectivity index (χ4n) is 3.27. The molecular weight excluding hydrogens is 380 g/mol. The lowest BCUT2D eigenvalue weighted by atomic mass is 9.99. The van der Waals surface area contributed by atoms with Crippen LogP contribution in [0.1, 0.15) is 34.8 Å². The van der Waals surface area contributed by atoms with Crippen molar-refractivity contribution in [1.29, 1.82) is 5.26 Å². The summed E-state index contributed by atoms with van der Waals surface area (Å²) in [6.45, 7) is 12.6. The molecule has 0 amide bonds. The minimum atomic E-state index is -0.518. The van der Waals surface area contributed by atoms with Crippen LogP contribution in [0.5, 0.6) is 0 Å². The molecule has 0 radical (unpaired) electrons. The highest BCUT2D eigenvalue weighted by Crippen LogP contribution is 2.47. The van der Waals surface area contributed by atoms with Gasteiger partial charge in [-0.1, -0.05) is 43.0 Å². The maximum Gasteiger partial charge on any atom is 0.338 e. The first-order chi connectivity index (χ1) is 14.5. The Hall–Kier alpha value is -4.16. The second-order valence-corrected chi connectivity index (χ2v) is 6.63. The third-order valence-electron chi connectivity index (χ3n) is 4.58. The number of nitriles is 1. The van der Waals surface area contributed by atoms with Gasteiger partial charge in [0, 0.05) is 23.1 Å². The molecule has 1 aliphatic carbocycles. The van der Waals surface area contributed by atoms with Crippen LogP contribution in [0.2, 0.25) is 0 Å². The fourth-order valence-corrected chi connectivity index (χ4v) is 3.27. The summed E-state index contributed by atoms with van der Waals surface area (Å²) in [6.07, 6.45) is 0.359. The van der Waals surface area contributed by atoms with Gasteiger partial charge in [-0.25, -0.2) is 19.7 Å². The number of esters is 2. The Balaban J connectivity index is 1.86. The minimum Gasteiger partial charge on any atom is -0.462 e. The third kappa shape index (κ3) is 3.85. The SMILES string of the molecule is [C-]#[N+]/C(C#N)=C1/c2ccccc2-c2c(C(=O)OCCCOC(=O)C(=C)C)cccc21. The molecular formula is C24H18N2O4. The summed E-state index contributed by atoms with van der Waals surface area (Å²) in [6, 6.07) is 14.5. The van der Waals surface area contributed by atoms with E-state index in [4.69, 9.17) is 16.0 Å².